The van der Waals surface area contributed by atoms with Crippen LogP contribution in [0.15, 0.2) is 30.3 Å². The Bertz CT molecular complexity index is 751. The van der Waals surface area contributed by atoms with Gasteiger partial charge in [-0.3, -0.25) is 9.23 Å². The van der Waals surface area contributed by atoms with Crippen LogP contribution in [0.1, 0.15) is 35.4 Å². The maximum atomic E-state index is 11.0. The molecular formula is C16H20N2O3S. The zero-order valence-electron chi connectivity index (χ0n) is 12.4. The number of fused-ring (bicyclic) bond motifs is 1. The second-order valence-electron chi connectivity index (χ2n) is 5.76. The number of benzene rings is 1. The van der Waals surface area contributed by atoms with Crippen LogP contribution in [0.2, 0.25) is 0 Å². The monoisotopic (exact) mass is 320 g/mol. The molecule has 5 nitrogen and oxygen atoms in total. The van der Waals surface area contributed by atoms with Crippen LogP contribution in [0.5, 0.6) is 0 Å². The Morgan fingerprint density at radius 3 is 2.59 bits per heavy atom. The molecule has 1 aromatic carbocycles. The smallest absolute Gasteiger partial charge is 0.265 e. The molecule has 0 bridgehead atoms. The topological polar surface area (TPSA) is 72.2 Å². The highest BCUT2D eigenvalue weighted by Crippen LogP contribution is 2.25. The van der Waals surface area contributed by atoms with Crippen molar-refractivity contribution in [3.8, 4) is 0 Å². The molecule has 3 rings (SSSR count). The van der Waals surface area contributed by atoms with Gasteiger partial charge < -0.3 is 0 Å². The molecule has 118 valence electrons. The van der Waals surface area contributed by atoms with Crippen molar-refractivity contribution in [3.05, 3.63) is 52.8 Å². The molecule has 2 aromatic rings. The number of hydrogen-bond donors (Lipinski definition) is 1. The molecule has 0 spiro atoms. The van der Waals surface area contributed by atoms with Crippen LogP contribution in [0.25, 0.3) is 0 Å². The standard InChI is InChI=1S/C16H20N2O3S/c19-22(20,21)11-10-15-14-8-4-5-9-16(14)18(17-15)12-13-6-2-1-3-7-13/h1-3,6-7H,4-5,8-12H2,(H,19,20,21). The fourth-order valence-corrected chi connectivity index (χ4v) is 3.52. The molecule has 0 aliphatic heterocycles. The summed E-state index contributed by atoms with van der Waals surface area (Å²) in [7, 11) is -3.95. The summed E-state index contributed by atoms with van der Waals surface area (Å²) in [4.78, 5) is 0. The van der Waals surface area contributed by atoms with Crippen molar-refractivity contribution in [2.24, 2.45) is 0 Å². The van der Waals surface area contributed by atoms with Gasteiger partial charge in [-0.25, -0.2) is 0 Å². The minimum absolute atomic E-state index is 0.262. The van der Waals surface area contributed by atoms with Gasteiger partial charge in [0.1, 0.15) is 0 Å². The highest BCUT2D eigenvalue weighted by molar-refractivity contribution is 7.85. The van der Waals surface area contributed by atoms with Gasteiger partial charge in [0.25, 0.3) is 10.1 Å². The van der Waals surface area contributed by atoms with E-state index in [0.717, 1.165) is 31.4 Å². The first kappa shape index (κ1) is 15.2. The largest absolute Gasteiger partial charge is 0.286 e. The van der Waals surface area contributed by atoms with Gasteiger partial charge in [-0.1, -0.05) is 30.3 Å². The van der Waals surface area contributed by atoms with Crippen molar-refractivity contribution in [2.45, 2.75) is 38.6 Å². The Morgan fingerprint density at radius 1 is 1.14 bits per heavy atom. The summed E-state index contributed by atoms with van der Waals surface area (Å²) in [5.74, 6) is -0.262. The third-order valence-corrected chi connectivity index (χ3v) is 4.83. The number of aromatic nitrogens is 2. The molecule has 0 unspecified atom stereocenters. The van der Waals surface area contributed by atoms with Gasteiger partial charge >= 0.3 is 0 Å². The van der Waals surface area contributed by atoms with Crippen molar-refractivity contribution >= 4 is 10.1 Å². The fraction of sp³-hybridized carbons (Fsp3) is 0.438. The Kier molecular flexibility index (Phi) is 4.31. The van der Waals surface area contributed by atoms with Gasteiger partial charge in [0.05, 0.1) is 18.0 Å². The van der Waals surface area contributed by atoms with E-state index >= 15 is 0 Å². The lowest BCUT2D eigenvalue weighted by molar-refractivity contribution is 0.482. The molecule has 1 heterocycles. The summed E-state index contributed by atoms with van der Waals surface area (Å²) in [6.45, 7) is 0.703. The summed E-state index contributed by atoms with van der Waals surface area (Å²) in [5.41, 5.74) is 4.41. The van der Waals surface area contributed by atoms with Gasteiger partial charge in [0, 0.05) is 12.1 Å². The van der Waals surface area contributed by atoms with Gasteiger partial charge in [-0.05, 0) is 36.8 Å². The highest BCUT2D eigenvalue weighted by atomic mass is 32.2. The first-order chi connectivity index (χ1) is 10.5. The first-order valence-corrected chi connectivity index (χ1v) is 9.20. The summed E-state index contributed by atoms with van der Waals surface area (Å²) in [5, 5.41) is 4.63. The zero-order chi connectivity index (χ0) is 15.6. The van der Waals surface area contributed by atoms with Gasteiger partial charge in [0.15, 0.2) is 0 Å². The van der Waals surface area contributed by atoms with Crippen molar-refractivity contribution in [1.82, 2.24) is 9.78 Å². The first-order valence-electron chi connectivity index (χ1n) is 7.59. The summed E-state index contributed by atoms with van der Waals surface area (Å²) >= 11 is 0. The second-order valence-corrected chi connectivity index (χ2v) is 7.33. The van der Waals surface area contributed by atoms with E-state index in [0.29, 0.717) is 6.54 Å². The lowest BCUT2D eigenvalue weighted by Crippen LogP contribution is -2.10. The van der Waals surface area contributed by atoms with Crippen LogP contribution in [0, 0.1) is 0 Å². The van der Waals surface area contributed by atoms with E-state index in [-0.39, 0.29) is 12.2 Å². The molecule has 0 amide bonds. The lowest BCUT2D eigenvalue weighted by Gasteiger charge is -2.14. The average molecular weight is 320 g/mol. The van der Waals surface area contributed by atoms with Gasteiger partial charge in [0.2, 0.25) is 0 Å². The molecule has 6 heteroatoms. The van der Waals surface area contributed by atoms with E-state index in [2.05, 4.69) is 17.2 Å². The van der Waals surface area contributed by atoms with E-state index in [1.807, 2.05) is 22.9 Å². The lowest BCUT2D eigenvalue weighted by atomic mass is 9.95. The van der Waals surface area contributed by atoms with E-state index in [4.69, 9.17) is 4.55 Å². The molecule has 1 aliphatic carbocycles. The van der Waals surface area contributed by atoms with Crippen LogP contribution in [-0.4, -0.2) is 28.5 Å². The number of aryl methyl sites for hydroxylation is 1. The third kappa shape index (κ3) is 3.56. The maximum Gasteiger partial charge on any atom is 0.265 e. The Labute approximate surface area is 130 Å². The molecule has 0 fully saturated rings. The summed E-state index contributed by atoms with van der Waals surface area (Å²) in [6, 6.07) is 10.1. The van der Waals surface area contributed by atoms with Crippen molar-refractivity contribution in [2.75, 3.05) is 5.75 Å². The minimum atomic E-state index is -3.95. The van der Waals surface area contributed by atoms with Crippen LogP contribution >= 0.6 is 0 Å². The van der Waals surface area contributed by atoms with Crippen LogP contribution in [0.3, 0.4) is 0 Å². The zero-order valence-corrected chi connectivity index (χ0v) is 13.2. The van der Waals surface area contributed by atoms with E-state index in [9.17, 15) is 8.42 Å². The predicted molar refractivity (Wildman–Crippen MR) is 84.5 cm³/mol. The van der Waals surface area contributed by atoms with Gasteiger partial charge in [-0.2, -0.15) is 13.5 Å². The second kappa shape index (κ2) is 6.22. The van der Waals surface area contributed by atoms with Crippen LogP contribution in [0.4, 0.5) is 0 Å². The normalized spacial score (nSPS) is 14.8. The van der Waals surface area contributed by atoms with Crippen molar-refractivity contribution < 1.29 is 13.0 Å². The molecule has 0 radical (unpaired) electrons. The predicted octanol–water partition coefficient (Wildman–Crippen LogP) is 2.24. The molecule has 22 heavy (non-hydrogen) atoms. The third-order valence-electron chi connectivity index (χ3n) is 4.11. The molecule has 0 saturated carbocycles. The molecular weight excluding hydrogens is 300 g/mol. The van der Waals surface area contributed by atoms with Crippen molar-refractivity contribution in [1.29, 1.82) is 0 Å². The highest BCUT2D eigenvalue weighted by Gasteiger charge is 2.21. The van der Waals surface area contributed by atoms with E-state index < -0.39 is 10.1 Å². The fourth-order valence-electron chi connectivity index (χ4n) is 3.07. The average Bonchev–Trinajstić information content (AvgIpc) is 2.84. The quantitative estimate of drug-likeness (QED) is 0.858. The van der Waals surface area contributed by atoms with Crippen LogP contribution in [-0.2, 0) is 35.9 Å². The molecule has 0 atom stereocenters. The van der Waals surface area contributed by atoms with Crippen LogP contribution < -0.4 is 0 Å². The number of hydrogen-bond acceptors (Lipinski definition) is 3. The summed E-state index contributed by atoms with van der Waals surface area (Å²) in [6.07, 6.45) is 4.48. The molecule has 0 saturated heterocycles. The number of rotatable bonds is 5. The Morgan fingerprint density at radius 2 is 1.86 bits per heavy atom. The molecule has 1 aliphatic rings. The van der Waals surface area contributed by atoms with E-state index in [1.165, 1.54) is 16.8 Å². The molecule has 1 aromatic heterocycles. The Balaban J connectivity index is 1.88. The molecule has 1 N–H and O–H groups in total. The Hall–Kier alpha value is -1.66. The summed E-state index contributed by atoms with van der Waals surface area (Å²) < 4.78 is 32.9. The van der Waals surface area contributed by atoms with Gasteiger partial charge in [-0.15, -0.1) is 0 Å². The van der Waals surface area contributed by atoms with E-state index in [1.54, 1.807) is 0 Å². The van der Waals surface area contributed by atoms with Crippen molar-refractivity contribution in [3.63, 3.8) is 0 Å². The number of nitrogens with zero attached hydrogens (tertiary/aromatic N) is 2. The SMILES string of the molecule is O=S(=O)(O)CCc1nn(Cc2ccccc2)c2c1CCCC2. The maximum absolute atomic E-state index is 11.0. The minimum Gasteiger partial charge on any atom is -0.286 e.